The lowest BCUT2D eigenvalue weighted by molar-refractivity contribution is 0.115. The quantitative estimate of drug-likeness (QED) is 0.598. The molecule has 3 nitrogen and oxygen atoms in total. The molecule has 1 rings (SSSR count). The number of hydrogen-bond acceptors (Lipinski definition) is 3. The first-order valence-corrected chi connectivity index (χ1v) is 5.92. The second kappa shape index (κ2) is 8.50. The van der Waals surface area contributed by atoms with Gasteiger partial charge in [0.2, 0.25) is 0 Å². The predicted molar refractivity (Wildman–Crippen MR) is 66.6 cm³/mol. The van der Waals surface area contributed by atoms with E-state index >= 15 is 0 Å². The molecule has 0 saturated heterocycles. The van der Waals surface area contributed by atoms with Gasteiger partial charge in [-0.1, -0.05) is 23.8 Å². The number of allylic oxidation sites excluding steroid dienone is 3. The van der Waals surface area contributed by atoms with Crippen LogP contribution in [0, 0.1) is 0 Å². The fourth-order valence-corrected chi connectivity index (χ4v) is 1.76. The van der Waals surface area contributed by atoms with E-state index in [2.05, 4.69) is 23.1 Å². The third-order valence-corrected chi connectivity index (χ3v) is 2.79. The van der Waals surface area contributed by atoms with Gasteiger partial charge in [0.05, 0.1) is 13.2 Å². The minimum Gasteiger partial charge on any atom is -0.383 e. The molecule has 0 heterocycles. The maximum atomic E-state index is 5.11. The maximum Gasteiger partial charge on any atom is 0.0589 e. The van der Waals surface area contributed by atoms with Gasteiger partial charge in [0.15, 0.2) is 0 Å². The van der Waals surface area contributed by atoms with E-state index in [0.717, 1.165) is 45.7 Å². The van der Waals surface area contributed by atoms with E-state index in [0.29, 0.717) is 0 Å². The molecule has 0 bridgehead atoms. The monoisotopic (exact) mass is 225 g/mol. The van der Waals surface area contributed by atoms with E-state index in [4.69, 9.17) is 9.47 Å². The molecule has 1 aliphatic carbocycles. The maximum absolute atomic E-state index is 5.11. The highest BCUT2D eigenvalue weighted by molar-refractivity contribution is 5.25. The molecule has 0 spiro atoms. The molecule has 0 aromatic heterocycles. The Hall–Kier alpha value is -0.640. The van der Waals surface area contributed by atoms with E-state index in [-0.39, 0.29) is 0 Å². The van der Waals surface area contributed by atoms with E-state index in [1.807, 2.05) is 0 Å². The van der Waals surface area contributed by atoms with Gasteiger partial charge >= 0.3 is 0 Å². The van der Waals surface area contributed by atoms with Crippen LogP contribution in [0.4, 0.5) is 0 Å². The molecule has 92 valence electrons. The third-order valence-electron chi connectivity index (χ3n) is 2.79. The predicted octanol–water partition coefficient (Wildman–Crippen LogP) is 1.86. The molecular formula is C13H23NO2. The van der Waals surface area contributed by atoms with Crippen LogP contribution in [0.5, 0.6) is 0 Å². The number of rotatable bonds is 9. The summed E-state index contributed by atoms with van der Waals surface area (Å²) >= 11 is 0. The van der Waals surface area contributed by atoms with Gasteiger partial charge in [-0.15, -0.1) is 0 Å². The highest BCUT2D eigenvalue weighted by atomic mass is 16.5. The molecule has 0 atom stereocenters. The summed E-state index contributed by atoms with van der Waals surface area (Å²) in [6.07, 6.45) is 8.97. The fraction of sp³-hybridized carbons (Fsp3) is 0.692. The molecule has 0 aliphatic heterocycles. The average Bonchev–Trinajstić information content (AvgIpc) is 2.81. The van der Waals surface area contributed by atoms with Crippen molar-refractivity contribution in [1.29, 1.82) is 0 Å². The van der Waals surface area contributed by atoms with Gasteiger partial charge in [-0.05, 0) is 12.8 Å². The summed E-state index contributed by atoms with van der Waals surface area (Å²) in [7, 11) is 3.49. The molecule has 0 saturated carbocycles. The van der Waals surface area contributed by atoms with Crippen molar-refractivity contribution in [2.24, 2.45) is 0 Å². The zero-order valence-corrected chi connectivity index (χ0v) is 10.4. The van der Waals surface area contributed by atoms with Crippen molar-refractivity contribution in [3.05, 3.63) is 23.8 Å². The van der Waals surface area contributed by atoms with Gasteiger partial charge in [-0.2, -0.15) is 0 Å². The van der Waals surface area contributed by atoms with Crippen molar-refractivity contribution in [3.63, 3.8) is 0 Å². The summed E-state index contributed by atoms with van der Waals surface area (Å²) in [5, 5.41) is 0. The van der Waals surface area contributed by atoms with Crippen molar-refractivity contribution in [2.75, 3.05) is 47.1 Å². The Morgan fingerprint density at radius 3 is 2.31 bits per heavy atom. The summed E-state index contributed by atoms with van der Waals surface area (Å²) < 4.78 is 10.2. The lowest BCUT2D eigenvalue weighted by Gasteiger charge is -2.21. The van der Waals surface area contributed by atoms with Crippen molar-refractivity contribution in [3.8, 4) is 0 Å². The Morgan fingerprint density at radius 2 is 1.81 bits per heavy atom. The number of hydrogen-bond donors (Lipinski definition) is 0. The van der Waals surface area contributed by atoms with Crippen LogP contribution in [-0.4, -0.2) is 52.0 Å². The summed E-state index contributed by atoms with van der Waals surface area (Å²) in [5.74, 6) is 0. The Bertz CT molecular complexity index is 228. The molecule has 16 heavy (non-hydrogen) atoms. The Kier molecular flexibility index (Phi) is 7.14. The van der Waals surface area contributed by atoms with Crippen LogP contribution in [-0.2, 0) is 9.47 Å². The number of methoxy groups -OCH3 is 2. The molecule has 1 aliphatic rings. The second-order valence-electron chi connectivity index (χ2n) is 3.99. The summed E-state index contributed by atoms with van der Waals surface area (Å²) in [6, 6.07) is 0. The van der Waals surface area contributed by atoms with Gasteiger partial charge in [-0.3, -0.25) is 4.90 Å². The number of nitrogens with zero attached hydrogens (tertiary/aromatic N) is 1. The minimum absolute atomic E-state index is 0.790. The average molecular weight is 225 g/mol. The van der Waals surface area contributed by atoms with E-state index in [1.165, 1.54) is 5.57 Å². The van der Waals surface area contributed by atoms with Gasteiger partial charge in [-0.25, -0.2) is 0 Å². The van der Waals surface area contributed by atoms with Gasteiger partial charge in [0, 0.05) is 33.9 Å². The third kappa shape index (κ3) is 5.45. The van der Waals surface area contributed by atoms with Gasteiger partial charge in [0.1, 0.15) is 0 Å². The molecule has 0 amide bonds. The lowest BCUT2D eigenvalue weighted by atomic mass is 10.2. The van der Waals surface area contributed by atoms with Crippen LogP contribution in [0.2, 0.25) is 0 Å². The smallest absolute Gasteiger partial charge is 0.0589 e. The molecule has 0 aromatic rings. The summed E-state index contributed by atoms with van der Waals surface area (Å²) in [5.41, 5.74) is 1.46. The Balaban J connectivity index is 2.21. The van der Waals surface area contributed by atoms with E-state index < -0.39 is 0 Å². The first kappa shape index (κ1) is 13.4. The zero-order chi connectivity index (χ0) is 11.6. The normalized spacial score (nSPS) is 14.8. The SMILES string of the molecule is COCCN(CCOC)CCC1=CCC=C1. The fourth-order valence-electron chi connectivity index (χ4n) is 1.76. The van der Waals surface area contributed by atoms with Crippen LogP contribution in [0.3, 0.4) is 0 Å². The Labute approximate surface area is 98.7 Å². The highest BCUT2D eigenvalue weighted by Crippen LogP contribution is 2.13. The second-order valence-corrected chi connectivity index (χ2v) is 3.99. The molecule has 3 heteroatoms. The first-order valence-electron chi connectivity index (χ1n) is 5.92. The molecule has 0 unspecified atom stereocenters. The summed E-state index contributed by atoms with van der Waals surface area (Å²) in [4.78, 5) is 2.39. The van der Waals surface area contributed by atoms with Crippen molar-refractivity contribution >= 4 is 0 Å². The lowest BCUT2D eigenvalue weighted by Crippen LogP contribution is -2.31. The molecular weight excluding hydrogens is 202 g/mol. The topological polar surface area (TPSA) is 21.7 Å². The molecule has 0 aromatic carbocycles. The minimum atomic E-state index is 0.790. The van der Waals surface area contributed by atoms with Crippen LogP contribution >= 0.6 is 0 Å². The van der Waals surface area contributed by atoms with E-state index in [9.17, 15) is 0 Å². The van der Waals surface area contributed by atoms with Crippen LogP contribution < -0.4 is 0 Å². The van der Waals surface area contributed by atoms with Crippen LogP contribution in [0.15, 0.2) is 23.8 Å². The molecule has 0 radical (unpaired) electrons. The van der Waals surface area contributed by atoms with Crippen LogP contribution in [0.1, 0.15) is 12.8 Å². The largest absolute Gasteiger partial charge is 0.383 e. The molecule has 0 fully saturated rings. The molecule has 0 N–H and O–H groups in total. The summed E-state index contributed by atoms with van der Waals surface area (Å²) in [6.45, 7) is 4.63. The first-order chi connectivity index (χ1) is 7.86. The highest BCUT2D eigenvalue weighted by Gasteiger charge is 2.06. The van der Waals surface area contributed by atoms with Gasteiger partial charge in [0.25, 0.3) is 0 Å². The standard InChI is InChI=1S/C13H23NO2/c1-15-11-9-14(10-12-16-2)8-7-13-5-3-4-6-13/h3,5-6H,4,7-12H2,1-2H3. The van der Waals surface area contributed by atoms with Gasteiger partial charge < -0.3 is 9.47 Å². The zero-order valence-electron chi connectivity index (χ0n) is 10.4. The van der Waals surface area contributed by atoms with Crippen molar-refractivity contribution < 1.29 is 9.47 Å². The van der Waals surface area contributed by atoms with Crippen molar-refractivity contribution in [1.82, 2.24) is 4.90 Å². The van der Waals surface area contributed by atoms with Crippen LogP contribution in [0.25, 0.3) is 0 Å². The Morgan fingerprint density at radius 1 is 1.12 bits per heavy atom. The number of ether oxygens (including phenoxy) is 2. The van der Waals surface area contributed by atoms with Crippen molar-refractivity contribution in [2.45, 2.75) is 12.8 Å². The van der Waals surface area contributed by atoms with E-state index in [1.54, 1.807) is 14.2 Å².